The number of aromatic nitrogens is 1. The van der Waals surface area contributed by atoms with E-state index in [0.717, 1.165) is 54.7 Å². The molecule has 4 heteroatoms. The maximum Gasteiger partial charge on any atom is 0.160 e. The fourth-order valence-electron chi connectivity index (χ4n) is 6.51. The molecule has 0 radical (unpaired) electrons. The molecule has 0 N–H and O–H groups in total. The third kappa shape index (κ3) is 4.42. The van der Waals surface area contributed by atoms with Crippen molar-refractivity contribution >= 4 is 60.5 Å². The van der Waals surface area contributed by atoms with Crippen LogP contribution >= 0.6 is 11.3 Å². The molecule has 0 saturated carbocycles. The molecule has 3 nitrogen and oxygen atoms in total. The van der Waals surface area contributed by atoms with Crippen LogP contribution in [0.15, 0.2) is 174 Å². The number of thiophene rings is 1. The number of hydrogen-bond acceptors (Lipinski definition) is 3. The van der Waals surface area contributed by atoms with Crippen LogP contribution in [0.4, 0.5) is 16.4 Å². The largest absolute Gasteiger partial charge is 0.453 e. The molecule has 46 heavy (non-hydrogen) atoms. The highest BCUT2D eigenvalue weighted by Gasteiger charge is 2.21. The summed E-state index contributed by atoms with van der Waals surface area (Å²) in [5, 5.41) is 4.65. The summed E-state index contributed by atoms with van der Waals surface area (Å²) in [5.41, 5.74) is 8.90. The van der Waals surface area contributed by atoms with Crippen LogP contribution in [0.25, 0.3) is 60.2 Å². The zero-order valence-electron chi connectivity index (χ0n) is 24.9. The second-order valence-corrected chi connectivity index (χ2v) is 12.5. The van der Waals surface area contributed by atoms with Crippen molar-refractivity contribution in [3.05, 3.63) is 170 Å². The van der Waals surface area contributed by atoms with Crippen LogP contribution < -0.4 is 4.90 Å². The molecule has 9 rings (SSSR count). The van der Waals surface area contributed by atoms with E-state index in [2.05, 4.69) is 179 Å². The van der Waals surface area contributed by atoms with Gasteiger partial charge in [0.25, 0.3) is 0 Å². The number of nitrogens with zero attached hydrogens (tertiary/aromatic N) is 2. The van der Waals surface area contributed by atoms with Crippen LogP contribution in [0.1, 0.15) is 0 Å². The third-order valence-corrected chi connectivity index (χ3v) is 9.74. The van der Waals surface area contributed by atoms with Gasteiger partial charge in [-0.05, 0) is 71.1 Å². The first-order chi connectivity index (χ1) is 22.8. The Bertz CT molecular complexity index is 2460. The van der Waals surface area contributed by atoms with Crippen molar-refractivity contribution < 1.29 is 4.42 Å². The predicted molar refractivity (Wildman–Crippen MR) is 194 cm³/mol. The Hall–Kier alpha value is -5.84. The molecule has 0 aliphatic rings. The van der Waals surface area contributed by atoms with Crippen LogP contribution in [0.5, 0.6) is 0 Å². The number of furan rings is 1. The molecule has 6 aromatic carbocycles. The van der Waals surface area contributed by atoms with E-state index in [-0.39, 0.29) is 0 Å². The van der Waals surface area contributed by atoms with E-state index in [1.165, 1.54) is 21.9 Å². The molecule has 3 aromatic heterocycles. The summed E-state index contributed by atoms with van der Waals surface area (Å²) in [4.78, 5) is 3.45. The molecular formula is C42H28N2OS. The fraction of sp³-hybridized carbons (Fsp3) is 0. The second kappa shape index (κ2) is 11.0. The average molecular weight is 609 g/mol. The Balaban J connectivity index is 1.18. The molecule has 0 saturated heterocycles. The van der Waals surface area contributed by atoms with Gasteiger partial charge in [0.15, 0.2) is 5.58 Å². The van der Waals surface area contributed by atoms with E-state index >= 15 is 0 Å². The Morgan fingerprint density at radius 2 is 1.20 bits per heavy atom. The van der Waals surface area contributed by atoms with Crippen molar-refractivity contribution in [2.45, 2.75) is 0 Å². The van der Waals surface area contributed by atoms with Gasteiger partial charge in [-0.3, -0.25) is 0 Å². The zero-order valence-corrected chi connectivity index (χ0v) is 25.7. The Morgan fingerprint density at radius 3 is 2.02 bits per heavy atom. The highest BCUT2D eigenvalue weighted by molar-refractivity contribution is 7.19. The highest BCUT2D eigenvalue weighted by atomic mass is 32.1. The second-order valence-electron chi connectivity index (χ2n) is 11.4. The van der Waals surface area contributed by atoms with Crippen LogP contribution in [0.3, 0.4) is 0 Å². The van der Waals surface area contributed by atoms with Gasteiger partial charge >= 0.3 is 0 Å². The molecule has 0 fully saturated rings. The fourth-order valence-corrected chi connectivity index (χ4v) is 7.50. The smallest absolute Gasteiger partial charge is 0.160 e. The highest BCUT2D eigenvalue weighted by Crippen LogP contribution is 2.46. The number of anilines is 3. The summed E-state index contributed by atoms with van der Waals surface area (Å²) in [5.74, 6) is 0.869. The summed E-state index contributed by atoms with van der Waals surface area (Å²) in [6.45, 7) is 0. The van der Waals surface area contributed by atoms with Gasteiger partial charge < -0.3 is 13.9 Å². The number of para-hydroxylation sites is 2. The monoisotopic (exact) mass is 608 g/mol. The minimum absolute atomic E-state index is 0.869. The summed E-state index contributed by atoms with van der Waals surface area (Å²) >= 11 is 1.74. The molecule has 0 aliphatic heterocycles. The van der Waals surface area contributed by atoms with E-state index in [1.807, 2.05) is 0 Å². The van der Waals surface area contributed by atoms with Crippen LogP contribution in [0.2, 0.25) is 0 Å². The lowest BCUT2D eigenvalue weighted by Crippen LogP contribution is -2.08. The molecule has 0 atom stereocenters. The van der Waals surface area contributed by atoms with Gasteiger partial charge in [-0.15, -0.1) is 11.3 Å². The molecule has 0 amide bonds. The molecule has 218 valence electrons. The number of fused-ring (bicyclic) bond motifs is 4. The van der Waals surface area contributed by atoms with Gasteiger partial charge in [0, 0.05) is 28.2 Å². The Morgan fingerprint density at radius 1 is 0.522 bits per heavy atom. The van der Waals surface area contributed by atoms with Crippen molar-refractivity contribution in [2.75, 3.05) is 4.90 Å². The number of benzene rings is 6. The molecular weight excluding hydrogens is 581 g/mol. The topological polar surface area (TPSA) is 21.3 Å². The first-order valence-electron chi connectivity index (χ1n) is 15.4. The van der Waals surface area contributed by atoms with Crippen molar-refractivity contribution in [1.29, 1.82) is 0 Å². The van der Waals surface area contributed by atoms with Crippen molar-refractivity contribution in [3.8, 4) is 27.5 Å². The van der Waals surface area contributed by atoms with Gasteiger partial charge in [-0.2, -0.15) is 0 Å². The lowest BCUT2D eigenvalue weighted by molar-refractivity contribution is 0.637. The maximum atomic E-state index is 6.68. The lowest BCUT2D eigenvalue weighted by atomic mass is 10.0. The first kappa shape index (κ1) is 26.6. The summed E-state index contributed by atoms with van der Waals surface area (Å²) < 4.78 is 8.97. The minimum Gasteiger partial charge on any atom is -0.453 e. The Labute approximate surface area is 270 Å². The maximum absolute atomic E-state index is 6.68. The van der Waals surface area contributed by atoms with E-state index in [1.54, 1.807) is 11.3 Å². The van der Waals surface area contributed by atoms with Gasteiger partial charge in [0.1, 0.15) is 10.8 Å². The molecule has 0 spiro atoms. The SMILES string of the molecule is c1ccc(-c2ccc(N(c3ccc(-c4cc5c(o4)c4ccccc4n5-c4ccccc4)s3)c3cccc4ccccc34)cc2)cc1. The first-order valence-corrected chi connectivity index (χ1v) is 16.3. The standard InChI is InChI=1S/C42H28N2OS/c1-3-12-29(13-4-1)30-22-24-33(25-23-30)44(36-21-11-15-31-14-7-8-18-34(31)36)41-27-26-40(46-41)39-28-38-42(45-39)35-19-9-10-20-37(35)43(38)32-16-5-2-6-17-32/h1-28H. The number of rotatable bonds is 6. The third-order valence-electron chi connectivity index (χ3n) is 8.65. The summed E-state index contributed by atoms with van der Waals surface area (Å²) in [6, 6.07) is 60.1. The number of hydrogen-bond donors (Lipinski definition) is 0. The van der Waals surface area contributed by atoms with Gasteiger partial charge in [0.05, 0.1) is 21.6 Å². The van der Waals surface area contributed by atoms with Crippen LogP contribution in [0, 0.1) is 0 Å². The zero-order chi connectivity index (χ0) is 30.5. The van der Waals surface area contributed by atoms with E-state index in [4.69, 9.17) is 4.42 Å². The molecule has 0 bridgehead atoms. The minimum atomic E-state index is 0.869. The van der Waals surface area contributed by atoms with E-state index < -0.39 is 0 Å². The normalized spacial score (nSPS) is 11.5. The molecule has 0 unspecified atom stereocenters. The van der Waals surface area contributed by atoms with E-state index in [9.17, 15) is 0 Å². The predicted octanol–water partition coefficient (Wildman–Crippen LogP) is 12.4. The molecule has 3 heterocycles. The Kier molecular flexibility index (Phi) is 6.32. The van der Waals surface area contributed by atoms with Crippen molar-refractivity contribution in [2.24, 2.45) is 0 Å². The molecule has 0 aliphatic carbocycles. The van der Waals surface area contributed by atoms with Crippen molar-refractivity contribution in [1.82, 2.24) is 4.57 Å². The van der Waals surface area contributed by atoms with Crippen LogP contribution in [-0.4, -0.2) is 4.57 Å². The summed E-state index contributed by atoms with van der Waals surface area (Å²) in [6.07, 6.45) is 0. The van der Waals surface area contributed by atoms with Crippen molar-refractivity contribution in [3.63, 3.8) is 0 Å². The van der Waals surface area contributed by atoms with Gasteiger partial charge in [0.2, 0.25) is 0 Å². The van der Waals surface area contributed by atoms with Crippen LogP contribution in [-0.2, 0) is 0 Å². The molecule has 9 aromatic rings. The quantitative estimate of drug-likeness (QED) is 0.187. The summed E-state index contributed by atoms with van der Waals surface area (Å²) in [7, 11) is 0. The lowest BCUT2D eigenvalue weighted by Gasteiger charge is -2.25. The van der Waals surface area contributed by atoms with Gasteiger partial charge in [-0.25, -0.2) is 0 Å². The average Bonchev–Trinajstić information content (AvgIpc) is 3.85. The van der Waals surface area contributed by atoms with Gasteiger partial charge in [-0.1, -0.05) is 109 Å². The van der Waals surface area contributed by atoms with E-state index in [0.29, 0.717) is 0 Å².